The number of aromatic nitrogens is 1. The first-order chi connectivity index (χ1) is 9.74. The van der Waals surface area contributed by atoms with Crippen LogP contribution in [0.15, 0.2) is 24.5 Å². The van der Waals surface area contributed by atoms with E-state index >= 15 is 0 Å². The number of carbonyl (C=O) groups is 1. The van der Waals surface area contributed by atoms with Crippen molar-refractivity contribution in [3.63, 3.8) is 0 Å². The van der Waals surface area contributed by atoms with Gasteiger partial charge in [-0.1, -0.05) is 6.07 Å². The van der Waals surface area contributed by atoms with Gasteiger partial charge in [0.25, 0.3) is 0 Å². The molecule has 1 aliphatic heterocycles. The minimum Gasteiger partial charge on any atom is -0.341 e. The Bertz CT molecular complexity index is 458. The smallest absolute Gasteiger partial charge is 0.225 e. The highest BCUT2D eigenvalue weighted by atomic mass is 16.2. The third-order valence-corrected chi connectivity index (χ3v) is 4.43. The molecule has 3 rings (SSSR count). The molecular formula is C16H23N3O. The minimum absolute atomic E-state index is 0.327. The Hall–Kier alpha value is -1.42. The van der Waals surface area contributed by atoms with Crippen molar-refractivity contribution >= 4 is 5.91 Å². The number of likely N-dealkylation sites (N-methyl/N-ethyl adjacent to an activating group) is 1. The first-order valence-electron chi connectivity index (χ1n) is 7.62. The molecule has 1 aliphatic carbocycles. The van der Waals surface area contributed by atoms with Crippen molar-refractivity contribution in [2.75, 3.05) is 20.1 Å². The molecule has 0 N–H and O–H groups in total. The van der Waals surface area contributed by atoms with Gasteiger partial charge in [-0.2, -0.15) is 0 Å². The molecule has 0 radical (unpaired) electrons. The Morgan fingerprint density at radius 3 is 3.00 bits per heavy atom. The average molecular weight is 273 g/mol. The fourth-order valence-corrected chi connectivity index (χ4v) is 3.04. The standard InChI is InChI=1S/C16H23N3O/c1-18(16(20)14-6-7-14)15-5-3-9-19(12-15)11-13-4-2-8-17-10-13/h2,4,8,10,14-15H,3,5-7,9,11-12H2,1H3. The van der Waals surface area contributed by atoms with Crippen LogP contribution in [0.1, 0.15) is 31.2 Å². The van der Waals surface area contributed by atoms with E-state index in [-0.39, 0.29) is 0 Å². The van der Waals surface area contributed by atoms with Crippen LogP contribution >= 0.6 is 0 Å². The van der Waals surface area contributed by atoms with Gasteiger partial charge in [0.15, 0.2) is 0 Å². The van der Waals surface area contributed by atoms with Crippen LogP contribution in [0, 0.1) is 5.92 Å². The van der Waals surface area contributed by atoms with Crippen molar-refractivity contribution in [3.8, 4) is 0 Å². The van der Waals surface area contributed by atoms with Crippen LogP contribution in [0.25, 0.3) is 0 Å². The van der Waals surface area contributed by atoms with Gasteiger partial charge in [-0.05, 0) is 43.9 Å². The summed E-state index contributed by atoms with van der Waals surface area (Å²) in [5, 5.41) is 0. The van der Waals surface area contributed by atoms with E-state index in [1.807, 2.05) is 30.4 Å². The van der Waals surface area contributed by atoms with Gasteiger partial charge in [0.05, 0.1) is 0 Å². The molecule has 1 amide bonds. The summed E-state index contributed by atoms with van der Waals surface area (Å²) in [5.74, 6) is 0.687. The summed E-state index contributed by atoms with van der Waals surface area (Å²) < 4.78 is 0. The van der Waals surface area contributed by atoms with Gasteiger partial charge >= 0.3 is 0 Å². The van der Waals surface area contributed by atoms with Crippen molar-refractivity contribution in [1.82, 2.24) is 14.8 Å². The Morgan fingerprint density at radius 1 is 1.45 bits per heavy atom. The minimum atomic E-state index is 0.327. The molecule has 1 saturated heterocycles. The highest BCUT2D eigenvalue weighted by Crippen LogP contribution is 2.32. The second kappa shape index (κ2) is 5.92. The zero-order valence-electron chi connectivity index (χ0n) is 12.2. The second-order valence-electron chi connectivity index (χ2n) is 6.12. The van der Waals surface area contributed by atoms with Crippen LogP contribution < -0.4 is 0 Å². The maximum Gasteiger partial charge on any atom is 0.225 e. The third kappa shape index (κ3) is 3.18. The molecule has 1 unspecified atom stereocenters. The summed E-state index contributed by atoms with van der Waals surface area (Å²) in [6, 6.07) is 4.49. The van der Waals surface area contributed by atoms with Gasteiger partial charge in [0, 0.05) is 44.5 Å². The molecule has 2 heterocycles. The zero-order valence-corrected chi connectivity index (χ0v) is 12.2. The van der Waals surface area contributed by atoms with Gasteiger partial charge in [-0.25, -0.2) is 0 Å². The number of nitrogens with zero attached hydrogens (tertiary/aromatic N) is 3. The Kier molecular flexibility index (Phi) is 4.01. The van der Waals surface area contributed by atoms with Crippen LogP contribution in [-0.2, 0) is 11.3 Å². The molecule has 2 fully saturated rings. The number of likely N-dealkylation sites (tertiary alicyclic amines) is 1. The van der Waals surface area contributed by atoms with Gasteiger partial charge in [0.2, 0.25) is 5.91 Å². The average Bonchev–Trinajstić information content (AvgIpc) is 3.32. The third-order valence-electron chi connectivity index (χ3n) is 4.43. The highest BCUT2D eigenvalue weighted by Gasteiger charge is 2.35. The quantitative estimate of drug-likeness (QED) is 0.841. The van der Waals surface area contributed by atoms with Crippen LogP contribution in [0.5, 0.6) is 0 Å². The lowest BCUT2D eigenvalue weighted by Crippen LogP contribution is -2.48. The lowest BCUT2D eigenvalue weighted by Gasteiger charge is -2.37. The summed E-state index contributed by atoms with van der Waals surface area (Å²) in [7, 11) is 1.99. The van der Waals surface area contributed by atoms with Crippen LogP contribution in [-0.4, -0.2) is 46.9 Å². The molecule has 1 aromatic heterocycles. The molecule has 1 atom stereocenters. The Balaban J connectivity index is 1.57. The van der Waals surface area contributed by atoms with E-state index in [1.165, 1.54) is 12.0 Å². The molecule has 0 spiro atoms. The van der Waals surface area contributed by atoms with Crippen molar-refractivity contribution < 1.29 is 4.79 Å². The van der Waals surface area contributed by atoms with Crippen LogP contribution in [0.2, 0.25) is 0 Å². The number of rotatable bonds is 4. The van der Waals surface area contributed by atoms with E-state index in [1.54, 1.807) is 0 Å². The SMILES string of the molecule is CN(C(=O)C1CC1)C1CCCN(Cc2cccnc2)C1. The number of carbonyl (C=O) groups excluding carboxylic acids is 1. The lowest BCUT2D eigenvalue weighted by molar-refractivity contribution is -0.134. The highest BCUT2D eigenvalue weighted by molar-refractivity contribution is 5.81. The van der Waals surface area contributed by atoms with Crippen LogP contribution in [0.4, 0.5) is 0 Å². The number of amides is 1. The molecule has 108 valence electrons. The van der Waals surface area contributed by atoms with Gasteiger partial charge in [-0.15, -0.1) is 0 Å². The lowest BCUT2D eigenvalue weighted by atomic mass is 10.0. The molecule has 4 nitrogen and oxygen atoms in total. The van der Waals surface area contributed by atoms with Gasteiger partial charge in [0.1, 0.15) is 0 Å². The van der Waals surface area contributed by atoms with Crippen molar-refractivity contribution in [2.24, 2.45) is 5.92 Å². The number of hydrogen-bond donors (Lipinski definition) is 0. The molecule has 1 saturated carbocycles. The van der Waals surface area contributed by atoms with Crippen LogP contribution in [0.3, 0.4) is 0 Å². The number of pyridine rings is 1. The molecule has 2 aliphatic rings. The van der Waals surface area contributed by atoms with Crippen molar-refractivity contribution in [2.45, 2.75) is 38.3 Å². The maximum atomic E-state index is 12.2. The Morgan fingerprint density at radius 2 is 2.30 bits per heavy atom. The van der Waals surface area contributed by atoms with E-state index in [2.05, 4.69) is 16.0 Å². The molecule has 20 heavy (non-hydrogen) atoms. The molecule has 0 bridgehead atoms. The number of hydrogen-bond acceptors (Lipinski definition) is 3. The number of piperidine rings is 1. The predicted octanol–water partition coefficient (Wildman–Crippen LogP) is 1.91. The first kappa shape index (κ1) is 13.6. The zero-order chi connectivity index (χ0) is 13.9. The van der Waals surface area contributed by atoms with E-state index in [4.69, 9.17) is 0 Å². The summed E-state index contributed by atoms with van der Waals surface area (Å²) in [5.41, 5.74) is 1.25. The maximum absolute atomic E-state index is 12.2. The van der Waals surface area contributed by atoms with Gasteiger partial charge < -0.3 is 4.90 Å². The molecule has 1 aromatic rings. The summed E-state index contributed by atoms with van der Waals surface area (Å²) >= 11 is 0. The summed E-state index contributed by atoms with van der Waals surface area (Å²) in [6.45, 7) is 3.05. The van der Waals surface area contributed by atoms with E-state index in [0.717, 1.165) is 38.9 Å². The van der Waals surface area contributed by atoms with E-state index < -0.39 is 0 Å². The fourth-order valence-electron chi connectivity index (χ4n) is 3.04. The molecule has 0 aromatic carbocycles. The monoisotopic (exact) mass is 273 g/mol. The summed E-state index contributed by atoms with van der Waals surface area (Å²) in [4.78, 5) is 20.8. The van der Waals surface area contributed by atoms with Crippen molar-refractivity contribution in [3.05, 3.63) is 30.1 Å². The largest absolute Gasteiger partial charge is 0.341 e. The Labute approximate surface area is 120 Å². The first-order valence-corrected chi connectivity index (χ1v) is 7.62. The second-order valence-corrected chi connectivity index (χ2v) is 6.12. The molecular weight excluding hydrogens is 250 g/mol. The summed E-state index contributed by atoms with van der Waals surface area (Å²) in [6.07, 6.45) is 8.24. The normalized spacial score (nSPS) is 23.6. The van der Waals surface area contributed by atoms with E-state index in [0.29, 0.717) is 17.9 Å². The van der Waals surface area contributed by atoms with Crippen molar-refractivity contribution in [1.29, 1.82) is 0 Å². The topological polar surface area (TPSA) is 36.4 Å². The molecule has 4 heteroatoms. The van der Waals surface area contributed by atoms with E-state index in [9.17, 15) is 4.79 Å². The predicted molar refractivity (Wildman–Crippen MR) is 78.0 cm³/mol. The van der Waals surface area contributed by atoms with Gasteiger partial charge in [-0.3, -0.25) is 14.7 Å². The fraction of sp³-hybridized carbons (Fsp3) is 0.625.